The second-order valence-electron chi connectivity index (χ2n) is 6.70. The molecule has 0 saturated carbocycles. The second kappa shape index (κ2) is 3.65. The van der Waals surface area contributed by atoms with Crippen molar-refractivity contribution in [1.29, 1.82) is 0 Å². The molecule has 1 spiro atoms. The van der Waals surface area contributed by atoms with Crippen molar-refractivity contribution in [3.63, 3.8) is 0 Å². The van der Waals surface area contributed by atoms with Gasteiger partial charge in [-0.15, -0.1) is 0 Å². The molecule has 3 saturated heterocycles. The molecule has 1 aromatic heterocycles. The van der Waals surface area contributed by atoms with Crippen LogP contribution in [0.15, 0.2) is 24.3 Å². The van der Waals surface area contributed by atoms with Crippen molar-refractivity contribution >= 4 is 16.8 Å². The first-order valence-corrected chi connectivity index (χ1v) is 7.71. The fraction of sp³-hybridized carbons (Fsp3) is 0.500. The zero-order valence-corrected chi connectivity index (χ0v) is 12.0. The molecule has 3 aliphatic heterocycles. The number of piperidine rings is 1. The van der Waals surface area contributed by atoms with Crippen LogP contribution in [0, 0.1) is 0 Å². The Kier molecular flexibility index (Phi) is 2.04. The van der Waals surface area contributed by atoms with Crippen molar-refractivity contribution in [1.82, 2.24) is 20.0 Å². The molecule has 0 aliphatic carbocycles. The molecule has 1 N–H and O–H groups in total. The fourth-order valence-corrected chi connectivity index (χ4v) is 4.70. The molecule has 2 unspecified atom stereocenters. The van der Waals surface area contributed by atoms with E-state index >= 15 is 0 Å². The highest BCUT2D eigenvalue weighted by Gasteiger charge is 2.67. The lowest BCUT2D eigenvalue weighted by molar-refractivity contribution is -0.131. The molecule has 3 fully saturated rings. The summed E-state index contributed by atoms with van der Waals surface area (Å²) in [5, 5.41) is 8.19. The number of para-hydroxylation sites is 1. The second-order valence-corrected chi connectivity index (χ2v) is 6.70. The highest BCUT2D eigenvalue weighted by atomic mass is 16.2. The number of H-pyrrole nitrogens is 1. The molecule has 5 nitrogen and oxygen atoms in total. The minimum absolute atomic E-state index is 0.0911. The number of fused-ring (bicyclic) bond motifs is 1. The molecule has 0 bridgehead atoms. The molecule has 4 heterocycles. The SMILES string of the molecule is C[C@H]1CC23CCN2CC3N1C(=O)c1n[nH]c2ccccc12. The average Bonchev–Trinajstić information content (AvgIpc) is 3.02. The molecule has 1 aromatic carbocycles. The van der Waals surface area contributed by atoms with Gasteiger partial charge >= 0.3 is 0 Å². The molecule has 0 radical (unpaired) electrons. The highest BCUT2D eigenvalue weighted by molar-refractivity contribution is 6.05. The normalized spacial score (nSPS) is 34.2. The third-order valence-corrected chi connectivity index (χ3v) is 5.82. The van der Waals surface area contributed by atoms with Gasteiger partial charge in [0.25, 0.3) is 5.91 Å². The van der Waals surface area contributed by atoms with Crippen molar-refractivity contribution in [3.05, 3.63) is 30.0 Å². The Bertz CT molecular complexity index is 754. The van der Waals surface area contributed by atoms with Crippen molar-refractivity contribution < 1.29 is 4.79 Å². The molecule has 3 atom stereocenters. The van der Waals surface area contributed by atoms with Crippen LogP contribution < -0.4 is 0 Å². The van der Waals surface area contributed by atoms with E-state index in [9.17, 15) is 4.79 Å². The van der Waals surface area contributed by atoms with Gasteiger partial charge in [-0.2, -0.15) is 5.10 Å². The lowest BCUT2D eigenvalue weighted by Crippen LogP contribution is -2.78. The van der Waals surface area contributed by atoms with Gasteiger partial charge in [0.15, 0.2) is 5.69 Å². The van der Waals surface area contributed by atoms with Gasteiger partial charge in [-0.3, -0.25) is 14.8 Å². The molecule has 5 rings (SSSR count). The number of aromatic amines is 1. The topological polar surface area (TPSA) is 52.2 Å². The maximum Gasteiger partial charge on any atom is 0.275 e. The van der Waals surface area contributed by atoms with E-state index < -0.39 is 0 Å². The van der Waals surface area contributed by atoms with Gasteiger partial charge in [0.1, 0.15) is 0 Å². The Labute approximate surface area is 122 Å². The van der Waals surface area contributed by atoms with Gasteiger partial charge in [0.2, 0.25) is 0 Å². The van der Waals surface area contributed by atoms with Gasteiger partial charge in [-0.25, -0.2) is 0 Å². The number of aromatic nitrogens is 2. The number of rotatable bonds is 1. The van der Waals surface area contributed by atoms with Gasteiger partial charge in [0, 0.05) is 30.1 Å². The summed E-state index contributed by atoms with van der Waals surface area (Å²) in [6.45, 7) is 4.42. The van der Waals surface area contributed by atoms with Gasteiger partial charge in [0.05, 0.1) is 11.6 Å². The van der Waals surface area contributed by atoms with Crippen molar-refractivity contribution in [2.45, 2.75) is 37.4 Å². The third kappa shape index (κ3) is 1.26. The van der Waals surface area contributed by atoms with Crippen LogP contribution in [0.1, 0.15) is 30.3 Å². The van der Waals surface area contributed by atoms with E-state index in [0.717, 1.165) is 23.9 Å². The standard InChI is InChI=1S/C16H18N4O/c1-10-8-16-6-7-19(16)9-13(16)20(10)15(21)14-11-4-2-3-5-12(11)17-18-14/h2-5,10,13H,6-9H2,1H3,(H,17,18)/t10-,13?,16?/m0/s1. The van der Waals surface area contributed by atoms with Crippen LogP contribution in [0.2, 0.25) is 0 Å². The van der Waals surface area contributed by atoms with Crippen LogP contribution >= 0.6 is 0 Å². The van der Waals surface area contributed by atoms with Crippen LogP contribution in [-0.2, 0) is 0 Å². The number of hydrogen-bond donors (Lipinski definition) is 1. The van der Waals surface area contributed by atoms with Crippen LogP contribution in [0.5, 0.6) is 0 Å². The fourth-order valence-electron chi connectivity index (χ4n) is 4.70. The molecule has 3 aliphatic rings. The number of benzene rings is 1. The van der Waals surface area contributed by atoms with Crippen molar-refractivity contribution in [2.75, 3.05) is 13.1 Å². The molecular weight excluding hydrogens is 264 g/mol. The predicted octanol–water partition coefficient (Wildman–Crippen LogP) is 1.62. The Balaban J connectivity index is 1.54. The number of carbonyl (C=O) groups excluding carboxylic acids is 1. The molecule has 1 amide bonds. The van der Waals surface area contributed by atoms with E-state index in [1.807, 2.05) is 24.3 Å². The Morgan fingerprint density at radius 1 is 1.43 bits per heavy atom. The third-order valence-electron chi connectivity index (χ3n) is 5.82. The lowest BCUT2D eigenvalue weighted by atomic mass is 9.69. The number of carbonyl (C=O) groups is 1. The minimum Gasteiger partial charge on any atom is -0.328 e. The summed E-state index contributed by atoms with van der Waals surface area (Å²) in [6.07, 6.45) is 2.36. The highest BCUT2D eigenvalue weighted by Crippen LogP contribution is 2.54. The van der Waals surface area contributed by atoms with Gasteiger partial charge < -0.3 is 4.90 Å². The van der Waals surface area contributed by atoms with Crippen LogP contribution in [0.4, 0.5) is 0 Å². The van der Waals surface area contributed by atoms with Crippen LogP contribution in [0.3, 0.4) is 0 Å². The number of amides is 1. The van der Waals surface area contributed by atoms with E-state index in [1.165, 1.54) is 13.0 Å². The quantitative estimate of drug-likeness (QED) is 0.865. The summed E-state index contributed by atoms with van der Waals surface area (Å²) in [4.78, 5) is 17.6. The largest absolute Gasteiger partial charge is 0.328 e. The zero-order chi connectivity index (χ0) is 14.2. The summed E-state index contributed by atoms with van der Waals surface area (Å²) in [7, 11) is 0. The number of nitrogens with zero attached hydrogens (tertiary/aromatic N) is 3. The maximum atomic E-state index is 13.0. The minimum atomic E-state index is 0.0911. The first kappa shape index (κ1) is 11.7. The molecular formula is C16H18N4O. The van der Waals surface area contributed by atoms with Gasteiger partial charge in [-0.1, -0.05) is 18.2 Å². The first-order valence-electron chi connectivity index (χ1n) is 7.71. The van der Waals surface area contributed by atoms with Crippen molar-refractivity contribution in [3.8, 4) is 0 Å². The molecule has 2 aromatic rings. The zero-order valence-electron chi connectivity index (χ0n) is 12.0. The summed E-state index contributed by atoms with van der Waals surface area (Å²) in [5.41, 5.74) is 1.81. The molecule has 21 heavy (non-hydrogen) atoms. The van der Waals surface area contributed by atoms with Crippen LogP contribution in [0.25, 0.3) is 10.9 Å². The Hall–Kier alpha value is -1.88. The maximum absolute atomic E-state index is 13.0. The van der Waals surface area contributed by atoms with Gasteiger partial charge in [-0.05, 0) is 25.8 Å². The predicted molar refractivity (Wildman–Crippen MR) is 79.1 cm³/mol. The van der Waals surface area contributed by atoms with E-state index in [-0.39, 0.29) is 5.91 Å². The summed E-state index contributed by atoms with van der Waals surface area (Å²) >= 11 is 0. The summed E-state index contributed by atoms with van der Waals surface area (Å²) in [6, 6.07) is 8.55. The number of likely N-dealkylation sites (tertiary alicyclic amines) is 1. The molecule has 5 heteroatoms. The smallest absolute Gasteiger partial charge is 0.275 e. The number of nitrogens with one attached hydrogen (secondary N) is 1. The number of hydrogen-bond acceptors (Lipinski definition) is 3. The average molecular weight is 282 g/mol. The monoisotopic (exact) mass is 282 g/mol. The first-order chi connectivity index (χ1) is 10.2. The van der Waals surface area contributed by atoms with E-state index in [4.69, 9.17) is 0 Å². The summed E-state index contributed by atoms with van der Waals surface area (Å²) in [5.74, 6) is 0.0911. The van der Waals surface area contributed by atoms with E-state index in [1.54, 1.807) is 0 Å². The molecule has 108 valence electrons. The Morgan fingerprint density at radius 3 is 3.00 bits per heavy atom. The van der Waals surface area contributed by atoms with Crippen molar-refractivity contribution in [2.24, 2.45) is 0 Å². The Morgan fingerprint density at radius 2 is 2.29 bits per heavy atom. The lowest BCUT2D eigenvalue weighted by Gasteiger charge is -2.64. The summed E-state index contributed by atoms with van der Waals surface area (Å²) < 4.78 is 0. The van der Waals surface area contributed by atoms with Crippen LogP contribution in [-0.4, -0.2) is 56.6 Å². The van der Waals surface area contributed by atoms with E-state index in [0.29, 0.717) is 23.3 Å². The van der Waals surface area contributed by atoms with E-state index in [2.05, 4.69) is 26.9 Å².